The fourth-order valence-corrected chi connectivity index (χ4v) is 6.30. The highest BCUT2D eigenvalue weighted by Crippen LogP contribution is 2.30. The number of benzene rings is 2. The summed E-state index contributed by atoms with van der Waals surface area (Å²) in [5.41, 5.74) is 1.26. The van der Waals surface area contributed by atoms with Crippen LogP contribution in [0.2, 0.25) is 0 Å². The summed E-state index contributed by atoms with van der Waals surface area (Å²) in [7, 11) is 6.54. The Bertz CT molecular complexity index is 1260. The Morgan fingerprint density at radius 2 is 1.02 bits per heavy atom. The molecule has 54 heavy (non-hydrogen) atoms. The summed E-state index contributed by atoms with van der Waals surface area (Å²) in [4.78, 5) is 30.1. The van der Waals surface area contributed by atoms with E-state index in [2.05, 4.69) is 38.3 Å². The number of hydrogen-bond acceptors (Lipinski definition) is 10. The maximum atomic E-state index is 13.1. The lowest BCUT2D eigenvalue weighted by Crippen LogP contribution is -2.40. The standard InChI is InChI=1S/2C20H32N2O4.2ClH/c2*1-15(2)22(14-16-8-9-21-13-16)20(23)17-6-7-18(25-4)19(12-17)26-11-5-10-24-3;;/h2*6-7,12,15-16,21H,5,8-11,13-14H2,1-4H3;2*1H/t2*16-;;/m10../s1. The van der Waals surface area contributed by atoms with Gasteiger partial charge >= 0.3 is 0 Å². The minimum absolute atomic E-state index is 0. The summed E-state index contributed by atoms with van der Waals surface area (Å²) < 4.78 is 32.4. The van der Waals surface area contributed by atoms with E-state index in [4.69, 9.17) is 28.4 Å². The molecule has 14 heteroatoms. The summed E-state index contributed by atoms with van der Waals surface area (Å²) in [6.45, 7) is 16.1. The molecule has 0 bridgehead atoms. The van der Waals surface area contributed by atoms with Gasteiger partial charge in [0.1, 0.15) is 0 Å². The van der Waals surface area contributed by atoms with Crippen molar-refractivity contribution in [2.24, 2.45) is 11.8 Å². The summed E-state index contributed by atoms with van der Waals surface area (Å²) in [6, 6.07) is 11.1. The topological polar surface area (TPSA) is 120 Å². The number of hydrogen-bond donors (Lipinski definition) is 2. The Balaban J connectivity index is 0.000000521. The molecule has 2 atom stereocenters. The number of carbonyl (C=O) groups is 2. The first-order valence-corrected chi connectivity index (χ1v) is 18.8. The van der Waals surface area contributed by atoms with Gasteiger partial charge in [-0.3, -0.25) is 9.59 Å². The number of ether oxygens (including phenoxy) is 6. The van der Waals surface area contributed by atoms with Gasteiger partial charge in [-0.25, -0.2) is 0 Å². The molecular weight excluding hydrogens is 735 g/mol. The highest BCUT2D eigenvalue weighted by Gasteiger charge is 2.27. The van der Waals surface area contributed by atoms with Gasteiger partial charge in [0.15, 0.2) is 23.0 Å². The molecule has 0 spiro atoms. The van der Waals surface area contributed by atoms with Gasteiger partial charge in [0.05, 0.1) is 27.4 Å². The highest BCUT2D eigenvalue weighted by molar-refractivity contribution is 5.95. The van der Waals surface area contributed by atoms with Crippen LogP contribution in [0.25, 0.3) is 0 Å². The van der Waals surface area contributed by atoms with Crippen LogP contribution in [0.4, 0.5) is 0 Å². The van der Waals surface area contributed by atoms with Crippen LogP contribution in [-0.4, -0.2) is 128 Å². The predicted octanol–water partition coefficient (Wildman–Crippen LogP) is 5.98. The average Bonchev–Trinajstić information content (AvgIpc) is 3.87. The lowest BCUT2D eigenvalue weighted by atomic mass is 10.1. The Morgan fingerprint density at radius 1 is 0.630 bits per heavy atom. The molecule has 12 nitrogen and oxygen atoms in total. The lowest BCUT2D eigenvalue weighted by Gasteiger charge is -2.29. The first kappa shape index (κ1) is 49.0. The molecule has 2 fully saturated rings. The Morgan fingerprint density at radius 3 is 1.31 bits per heavy atom. The first-order chi connectivity index (χ1) is 25.1. The molecular formula is C40H66Cl2N4O8. The second kappa shape index (κ2) is 26.7. The van der Waals surface area contributed by atoms with E-state index in [1.165, 1.54) is 0 Å². The number of rotatable bonds is 20. The van der Waals surface area contributed by atoms with Gasteiger partial charge in [-0.1, -0.05) is 0 Å². The molecule has 0 radical (unpaired) electrons. The zero-order chi connectivity index (χ0) is 37.9. The second-order valence-electron chi connectivity index (χ2n) is 13.9. The van der Waals surface area contributed by atoms with Crippen LogP contribution in [-0.2, 0) is 9.47 Å². The van der Waals surface area contributed by atoms with E-state index < -0.39 is 0 Å². The van der Waals surface area contributed by atoms with Crippen molar-refractivity contribution in [3.8, 4) is 23.0 Å². The molecule has 2 N–H and O–H groups in total. The normalized spacial score (nSPS) is 16.1. The van der Waals surface area contributed by atoms with Crippen molar-refractivity contribution in [1.82, 2.24) is 20.4 Å². The van der Waals surface area contributed by atoms with Crippen molar-refractivity contribution in [2.45, 2.75) is 65.5 Å². The zero-order valence-corrected chi connectivity index (χ0v) is 35.3. The van der Waals surface area contributed by atoms with Crippen molar-refractivity contribution < 1.29 is 38.0 Å². The van der Waals surface area contributed by atoms with Crippen molar-refractivity contribution in [3.63, 3.8) is 0 Å². The fraction of sp³-hybridized carbons (Fsp3) is 0.650. The van der Waals surface area contributed by atoms with E-state index in [0.717, 1.165) is 65.0 Å². The van der Waals surface area contributed by atoms with E-state index in [1.807, 2.05) is 21.9 Å². The minimum atomic E-state index is 0. The summed E-state index contributed by atoms with van der Waals surface area (Å²) in [6.07, 6.45) is 3.80. The summed E-state index contributed by atoms with van der Waals surface area (Å²) in [5, 5.41) is 6.74. The largest absolute Gasteiger partial charge is 0.493 e. The number of nitrogens with one attached hydrogen (secondary N) is 2. The molecule has 308 valence electrons. The summed E-state index contributed by atoms with van der Waals surface area (Å²) in [5.74, 6) is 3.58. The second-order valence-corrected chi connectivity index (χ2v) is 13.9. The first-order valence-electron chi connectivity index (χ1n) is 18.8. The average molecular weight is 802 g/mol. The number of nitrogens with zero attached hydrogens (tertiary/aromatic N) is 2. The Kier molecular flexibility index (Phi) is 24.3. The number of amides is 2. The van der Waals surface area contributed by atoms with Crippen LogP contribution < -0.4 is 29.6 Å². The van der Waals surface area contributed by atoms with Gasteiger partial charge in [-0.2, -0.15) is 0 Å². The molecule has 0 aliphatic carbocycles. The zero-order valence-electron chi connectivity index (χ0n) is 33.6. The van der Waals surface area contributed by atoms with Crippen molar-refractivity contribution in [2.75, 3.05) is 94.1 Å². The fourth-order valence-electron chi connectivity index (χ4n) is 6.30. The minimum Gasteiger partial charge on any atom is -0.493 e. The maximum Gasteiger partial charge on any atom is 0.254 e. The molecule has 0 aromatic heterocycles. The molecule has 0 saturated carbocycles. The van der Waals surface area contributed by atoms with Gasteiger partial charge in [0.25, 0.3) is 11.8 Å². The van der Waals surface area contributed by atoms with Crippen molar-refractivity contribution >= 4 is 36.6 Å². The number of halogens is 2. The van der Waals surface area contributed by atoms with E-state index in [-0.39, 0.29) is 48.7 Å². The predicted molar refractivity (Wildman–Crippen MR) is 219 cm³/mol. The molecule has 2 heterocycles. The van der Waals surface area contributed by atoms with E-state index >= 15 is 0 Å². The van der Waals surface area contributed by atoms with Gasteiger partial charge in [0, 0.05) is 76.6 Å². The molecule has 2 aromatic carbocycles. The van der Waals surface area contributed by atoms with E-state index in [0.29, 0.717) is 72.4 Å². The molecule has 2 aromatic rings. The maximum absolute atomic E-state index is 13.1. The van der Waals surface area contributed by atoms with E-state index in [1.54, 1.807) is 52.7 Å². The van der Waals surface area contributed by atoms with Crippen LogP contribution in [0.15, 0.2) is 36.4 Å². The smallest absolute Gasteiger partial charge is 0.254 e. The SMILES string of the molecule is COCCCOc1cc(C(=O)N(C[C@@H]2CCNC2)C(C)C)ccc1OC.COCCCOc1cc(C(=O)N(C[C@H]2CCNC2)C(C)C)ccc1OC.Cl.Cl. The third kappa shape index (κ3) is 15.6. The van der Waals surface area contributed by atoms with Crippen LogP contribution >= 0.6 is 24.8 Å². The van der Waals surface area contributed by atoms with Crippen LogP contribution in [0.3, 0.4) is 0 Å². The number of methoxy groups -OCH3 is 4. The van der Waals surface area contributed by atoms with Gasteiger partial charge in [0.2, 0.25) is 0 Å². The monoisotopic (exact) mass is 800 g/mol. The summed E-state index contributed by atoms with van der Waals surface area (Å²) >= 11 is 0. The Labute approximate surface area is 336 Å². The molecule has 2 amide bonds. The molecule has 2 saturated heterocycles. The molecule has 4 rings (SSSR count). The van der Waals surface area contributed by atoms with Crippen LogP contribution in [0, 0.1) is 11.8 Å². The quantitative estimate of drug-likeness (QED) is 0.155. The Hall–Kier alpha value is -3.00. The van der Waals surface area contributed by atoms with Crippen molar-refractivity contribution in [1.29, 1.82) is 0 Å². The van der Waals surface area contributed by atoms with Gasteiger partial charge in [-0.05, 0) is 115 Å². The highest BCUT2D eigenvalue weighted by atomic mass is 35.5. The van der Waals surface area contributed by atoms with E-state index in [9.17, 15) is 9.59 Å². The van der Waals surface area contributed by atoms with Crippen LogP contribution in [0.5, 0.6) is 23.0 Å². The number of carbonyl (C=O) groups excluding carboxylic acids is 2. The third-order valence-corrected chi connectivity index (χ3v) is 9.32. The van der Waals surface area contributed by atoms with Gasteiger partial charge in [-0.15, -0.1) is 24.8 Å². The van der Waals surface area contributed by atoms with Crippen LogP contribution in [0.1, 0.15) is 74.1 Å². The molecule has 0 unspecified atom stereocenters. The lowest BCUT2D eigenvalue weighted by molar-refractivity contribution is 0.0669. The van der Waals surface area contributed by atoms with Crippen molar-refractivity contribution in [3.05, 3.63) is 47.5 Å². The van der Waals surface area contributed by atoms with Gasteiger partial charge < -0.3 is 48.9 Å². The molecule has 2 aliphatic rings. The molecule has 2 aliphatic heterocycles. The third-order valence-electron chi connectivity index (χ3n) is 9.32.